The molecule has 0 spiro atoms. The number of hydrogen-bond donors (Lipinski definition) is 1. The summed E-state index contributed by atoms with van der Waals surface area (Å²) >= 11 is 0. The highest BCUT2D eigenvalue weighted by molar-refractivity contribution is 7.89. The van der Waals surface area contributed by atoms with Crippen LogP contribution >= 0.6 is 0 Å². The Balaban J connectivity index is 2.17. The van der Waals surface area contributed by atoms with E-state index >= 15 is 0 Å². The molecule has 1 amide bonds. The summed E-state index contributed by atoms with van der Waals surface area (Å²) in [6.45, 7) is 1.80. The third-order valence-electron chi connectivity index (χ3n) is 3.01. The summed E-state index contributed by atoms with van der Waals surface area (Å²) in [7, 11) is -0.538. The van der Waals surface area contributed by atoms with Crippen LogP contribution in [0.5, 0.6) is 0 Å². The Morgan fingerprint density at radius 3 is 2.27 bits per heavy atom. The van der Waals surface area contributed by atoms with Gasteiger partial charge in [0, 0.05) is 25.5 Å². The first kappa shape index (κ1) is 16.1. The summed E-state index contributed by atoms with van der Waals surface area (Å²) in [6, 6.07) is 11.2. The maximum absolute atomic E-state index is 12.1. The molecule has 0 fully saturated rings. The molecule has 2 aromatic rings. The highest BCUT2D eigenvalue weighted by Crippen LogP contribution is 2.17. The zero-order valence-electron chi connectivity index (χ0n) is 12.6. The van der Waals surface area contributed by atoms with Gasteiger partial charge in [0.2, 0.25) is 10.0 Å². The van der Waals surface area contributed by atoms with Crippen LogP contribution in [0.2, 0.25) is 0 Å². The fraction of sp³-hybridized carbons (Fsp3) is 0.200. The van der Waals surface area contributed by atoms with Gasteiger partial charge in [0.25, 0.3) is 5.91 Å². The summed E-state index contributed by atoms with van der Waals surface area (Å²) in [6.07, 6.45) is 0. The van der Waals surface area contributed by atoms with Gasteiger partial charge in [-0.2, -0.15) is 0 Å². The monoisotopic (exact) mass is 319 g/mol. The highest BCUT2D eigenvalue weighted by Gasteiger charge is 2.17. The van der Waals surface area contributed by atoms with Gasteiger partial charge in [0.1, 0.15) is 5.69 Å². The lowest BCUT2D eigenvalue weighted by molar-refractivity contribution is 0.102. The number of carbonyl (C=O) groups excluding carboxylic acids is 1. The molecule has 0 aliphatic heterocycles. The minimum atomic E-state index is -3.47. The van der Waals surface area contributed by atoms with Crippen molar-refractivity contribution in [2.24, 2.45) is 0 Å². The summed E-state index contributed by atoms with van der Waals surface area (Å²) in [5.41, 5.74) is 1.57. The Labute approximate surface area is 129 Å². The number of anilines is 1. The van der Waals surface area contributed by atoms with Gasteiger partial charge in [-0.3, -0.25) is 4.79 Å². The van der Waals surface area contributed by atoms with E-state index in [9.17, 15) is 13.2 Å². The second-order valence-electron chi connectivity index (χ2n) is 4.93. The minimum Gasteiger partial charge on any atom is -0.321 e. The van der Waals surface area contributed by atoms with E-state index in [1.54, 1.807) is 37.3 Å². The van der Waals surface area contributed by atoms with Crippen molar-refractivity contribution in [2.45, 2.75) is 11.8 Å². The largest absolute Gasteiger partial charge is 0.321 e. The molecular weight excluding hydrogens is 302 g/mol. The molecule has 0 saturated heterocycles. The number of aromatic nitrogens is 1. The van der Waals surface area contributed by atoms with Crippen molar-refractivity contribution in [1.29, 1.82) is 0 Å². The van der Waals surface area contributed by atoms with Gasteiger partial charge in [0.05, 0.1) is 4.90 Å². The minimum absolute atomic E-state index is 0.171. The standard InChI is InChI=1S/C15H17N3O3S/c1-11-5-4-6-14(16-11)15(19)17-12-7-9-13(10-8-12)22(20,21)18(2)3/h4-10H,1-3H3,(H,17,19). The third kappa shape index (κ3) is 3.49. The lowest BCUT2D eigenvalue weighted by atomic mass is 10.2. The van der Waals surface area contributed by atoms with Gasteiger partial charge in [0.15, 0.2) is 0 Å². The van der Waals surface area contributed by atoms with E-state index in [-0.39, 0.29) is 10.8 Å². The number of aryl methyl sites for hydroxylation is 1. The van der Waals surface area contributed by atoms with Crippen LogP contribution in [0.25, 0.3) is 0 Å². The number of benzene rings is 1. The average Bonchev–Trinajstić information content (AvgIpc) is 2.47. The fourth-order valence-corrected chi connectivity index (χ4v) is 2.69. The molecule has 0 unspecified atom stereocenters. The molecule has 1 aromatic heterocycles. The van der Waals surface area contributed by atoms with Crippen molar-refractivity contribution in [2.75, 3.05) is 19.4 Å². The van der Waals surface area contributed by atoms with E-state index in [1.807, 2.05) is 0 Å². The quantitative estimate of drug-likeness (QED) is 0.933. The van der Waals surface area contributed by atoms with Crippen LogP contribution in [0, 0.1) is 6.92 Å². The lowest BCUT2D eigenvalue weighted by Crippen LogP contribution is -2.22. The molecule has 0 atom stereocenters. The maximum atomic E-state index is 12.1. The molecule has 7 heteroatoms. The van der Waals surface area contributed by atoms with E-state index in [0.29, 0.717) is 11.4 Å². The van der Waals surface area contributed by atoms with Gasteiger partial charge < -0.3 is 5.32 Å². The first-order chi connectivity index (χ1) is 10.3. The number of carbonyl (C=O) groups is 1. The number of pyridine rings is 1. The smallest absolute Gasteiger partial charge is 0.274 e. The molecule has 22 heavy (non-hydrogen) atoms. The van der Waals surface area contributed by atoms with Gasteiger partial charge in [-0.05, 0) is 43.3 Å². The van der Waals surface area contributed by atoms with Crippen LogP contribution in [-0.2, 0) is 10.0 Å². The van der Waals surface area contributed by atoms with Gasteiger partial charge in [-0.25, -0.2) is 17.7 Å². The Morgan fingerprint density at radius 2 is 1.73 bits per heavy atom. The lowest BCUT2D eigenvalue weighted by Gasteiger charge is -2.12. The molecule has 116 valence electrons. The molecule has 1 heterocycles. The maximum Gasteiger partial charge on any atom is 0.274 e. The normalized spacial score (nSPS) is 11.5. The summed E-state index contributed by atoms with van der Waals surface area (Å²) in [5.74, 6) is -0.341. The Kier molecular flexibility index (Phi) is 4.58. The van der Waals surface area contributed by atoms with Gasteiger partial charge in [-0.15, -0.1) is 0 Å². The van der Waals surface area contributed by atoms with Crippen molar-refractivity contribution in [3.8, 4) is 0 Å². The number of sulfonamides is 1. The van der Waals surface area contributed by atoms with Crippen LogP contribution in [0.1, 0.15) is 16.2 Å². The molecule has 2 rings (SSSR count). The van der Waals surface area contributed by atoms with Crippen molar-refractivity contribution in [1.82, 2.24) is 9.29 Å². The third-order valence-corrected chi connectivity index (χ3v) is 4.84. The Hall–Kier alpha value is -2.25. The Bertz CT molecular complexity index is 784. The van der Waals surface area contributed by atoms with Gasteiger partial charge >= 0.3 is 0 Å². The first-order valence-electron chi connectivity index (χ1n) is 6.58. The summed E-state index contributed by atoms with van der Waals surface area (Å²) in [4.78, 5) is 16.4. The molecule has 6 nitrogen and oxygen atoms in total. The number of hydrogen-bond acceptors (Lipinski definition) is 4. The summed E-state index contributed by atoms with van der Waals surface area (Å²) in [5, 5.41) is 2.68. The van der Waals surface area contributed by atoms with Crippen molar-refractivity contribution < 1.29 is 13.2 Å². The van der Waals surface area contributed by atoms with E-state index in [4.69, 9.17) is 0 Å². The predicted molar refractivity (Wildman–Crippen MR) is 84.2 cm³/mol. The van der Waals surface area contributed by atoms with Crippen molar-refractivity contribution in [3.63, 3.8) is 0 Å². The van der Waals surface area contributed by atoms with Gasteiger partial charge in [-0.1, -0.05) is 6.07 Å². The molecule has 0 bridgehead atoms. The molecule has 0 saturated carbocycles. The molecule has 1 aromatic carbocycles. The van der Waals surface area contributed by atoms with Crippen molar-refractivity contribution in [3.05, 3.63) is 53.9 Å². The number of rotatable bonds is 4. The molecule has 1 N–H and O–H groups in total. The van der Waals surface area contributed by atoms with E-state index in [2.05, 4.69) is 10.3 Å². The average molecular weight is 319 g/mol. The predicted octanol–water partition coefficient (Wildman–Crippen LogP) is 1.89. The van der Waals surface area contributed by atoms with E-state index in [0.717, 1.165) is 10.00 Å². The molecule has 0 radical (unpaired) electrons. The zero-order chi connectivity index (χ0) is 16.3. The van der Waals surface area contributed by atoms with Crippen LogP contribution in [-0.4, -0.2) is 37.7 Å². The summed E-state index contributed by atoms with van der Waals surface area (Å²) < 4.78 is 25.0. The number of amides is 1. The van der Waals surface area contributed by atoms with E-state index < -0.39 is 10.0 Å². The zero-order valence-corrected chi connectivity index (χ0v) is 13.4. The molecule has 0 aliphatic rings. The first-order valence-corrected chi connectivity index (χ1v) is 8.02. The Morgan fingerprint density at radius 1 is 1.09 bits per heavy atom. The number of nitrogens with one attached hydrogen (secondary N) is 1. The number of nitrogens with zero attached hydrogens (tertiary/aromatic N) is 2. The van der Waals surface area contributed by atoms with Crippen LogP contribution in [0.3, 0.4) is 0 Å². The fourth-order valence-electron chi connectivity index (χ4n) is 1.79. The SMILES string of the molecule is Cc1cccc(C(=O)Nc2ccc(S(=O)(=O)N(C)C)cc2)n1. The van der Waals surface area contributed by atoms with Crippen LogP contribution in [0.4, 0.5) is 5.69 Å². The molecule has 0 aliphatic carbocycles. The van der Waals surface area contributed by atoms with Crippen molar-refractivity contribution >= 4 is 21.6 Å². The van der Waals surface area contributed by atoms with Crippen LogP contribution in [0.15, 0.2) is 47.4 Å². The van der Waals surface area contributed by atoms with Crippen LogP contribution < -0.4 is 5.32 Å². The highest BCUT2D eigenvalue weighted by atomic mass is 32.2. The topological polar surface area (TPSA) is 79.4 Å². The second kappa shape index (κ2) is 6.25. The molecular formula is C15H17N3O3S. The second-order valence-corrected chi connectivity index (χ2v) is 7.08. The van der Waals surface area contributed by atoms with E-state index in [1.165, 1.54) is 26.2 Å².